The van der Waals surface area contributed by atoms with Crippen molar-refractivity contribution in [3.63, 3.8) is 0 Å². The van der Waals surface area contributed by atoms with Crippen LogP contribution in [0.5, 0.6) is 0 Å². The maximum absolute atomic E-state index is 12.1. The van der Waals surface area contributed by atoms with Gasteiger partial charge in [0.1, 0.15) is 0 Å². The van der Waals surface area contributed by atoms with Gasteiger partial charge in [0.2, 0.25) is 5.91 Å². The number of carbonyl (C=O) groups is 1. The molecule has 0 aliphatic carbocycles. The number of aryl methyl sites for hydroxylation is 1. The van der Waals surface area contributed by atoms with Crippen molar-refractivity contribution >= 4 is 29.7 Å². The molecule has 2 unspecified atom stereocenters. The lowest BCUT2D eigenvalue weighted by molar-refractivity contribution is -0.132. The largest absolute Gasteiger partial charge is 0.339 e. The first-order chi connectivity index (χ1) is 7.95. The lowest BCUT2D eigenvalue weighted by atomic mass is 9.99. The number of carbonyl (C=O) groups excluding carboxylic acids is 1. The van der Waals surface area contributed by atoms with E-state index in [1.165, 1.54) is 9.75 Å². The first kappa shape index (κ1) is 17.4. The van der Waals surface area contributed by atoms with E-state index in [1.54, 1.807) is 16.2 Å². The lowest BCUT2D eigenvalue weighted by Gasteiger charge is -2.24. The summed E-state index contributed by atoms with van der Waals surface area (Å²) in [6.45, 7) is 6.80. The Labute approximate surface area is 120 Å². The molecule has 2 N–H and O–H groups in total. The molecule has 5 heteroatoms. The Bertz CT molecular complexity index is 381. The van der Waals surface area contributed by atoms with Gasteiger partial charge in [0.05, 0.1) is 12.6 Å². The lowest BCUT2D eigenvalue weighted by Crippen LogP contribution is -2.45. The van der Waals surface area contributed by atoms with Gasteiger partial charge in [0.15, 0.2) is 0 Å². The molecule has 1 rings (SSSR count). The van der Waals surface area contributed by atoms with Crippen LogP contribution in [0, 0.1) is 12.8 Å². The second-order valence-corrected chi connectivity index (χ2v) is 5.99. The van der Waals surface area contributed by atoms with Gasteiger partial charge < -0.3 is 10.6 Å². The van der Waals surface area contributed by atoms with Gasteiger partial charge in [-0.05, 0) is 25.0 Å². The standard InChI is InChI=1S/C13H22N2OS.ClH/c1-5-9(2)12(14)13(16)15(4)8-11-7-6-10(3)17-11;/h6-7,9,12H,5,8,14H2,1-4H3;1H. The fourth-order valence-corrected chi connectivity index (χ4v) is 2.58. The smallest absolute Gasteiger partial charge is 0.239 e. The van der Waals surface area contributed by atoms with Crippen LogP contribution in [0.2, 0.25) is 0 Å². The molecule has 0 saturated heterocycles. The van der Waals surface area contributed by atoms with Crippen molar-refractivity contribution < 1.29 is 4.79 Å². The van der Waals surface area contributed by atoms with Crippen molar-refractivity contribution in [3.05, 3.63) is 21.9 Å². The number of halogens is 1. The zero-order valence-corrected chi connectivity index (χ0v) is 13.1. The Morgan fingerprint density at radius 2 is 2.11 bits per heavy atom. The normalized spacial score (nSPS) is 13.6. The van der Waals surface area contributed by atoms with Crippen molar-refractivity contribution in [2.45, 2.75) is 39.8 Å². The zero-order chi connectivity index (χ0) is 13.0. The van der Waals surface area contributed by atoms with Gasteiger partial charge in [-0.3, -0.25) is 4.79 Å². The Balaban J connectivity index is 0.00000289. The van der Waals surface area contributed by atoms with Crippen LogP contribution in [-0.4, -0.2) is 23.9 Å². The summed E-state index contributed by atoms with van der Waals surface area (Å²) in [6.07, 6.45) is 0.929. The minimum Gasteiger partial charge on any atom is -0.339 e. The second-order valence-electron chi connectivity index (χ2n) is 4.62. The molecule has 0 saturated carbocycles. The van der Waals surface area contributed by atoms with E-state index in [0.29, 0.717) is 6.54 Å². The van der Waals surface area contributed by atoms with Gasteiger partial charge in [-0.25, -0.2) is 0 Å². The first-order valence-corrected chi connectivity index (χ1v) is 6.83. The quantitative estimate of drug-likeness (QED) is 0.906. The van der Waals surface area contributed by atoms with Gasteiger partial charge in [-0.15, -0.1) is 23.7 Å². The van der Waals surface area contributed by atoms with Crippen molar-refractivity contribution in [2.24, 2.45) is 11.7 Å². The SMILES string of the molecule is CCC(C)C(N)C(=O)N(C)Cc1ccc(C)s1.Cl. The molecule has 1 amide bonds. The number of thiophene rings is 1. The Kier molecular flexibility index (Phi) is 7.52. The summed E-state index contributed by atoms with van der Waals surface area (Å²) in [5, 5.41) is 0. The van der Waals surface area contributed by atoms with E-state index < -0.39 is 0 Å². The molecule has 18 heavy (non-hydrogen) atoms. The van der Waals surface area contributed by atoms with E-state index in [1.807, 2.05) is 14.0 Å². The summed E-state index contributed by atoms with van der Waals surface area (Å²) in [5.41, 5.74) is 5.94. The molecule has 1 aromatic heterocycles. The van der Waals surface area contributed by atoms with E-state index in [-0.39, 0.29) is 30.3 Å². The number of nitrogens with zero attached hydrogens (tertiary/aromatic N) is 1. The minimum absolute atomic E-state index is 0. The molecule has 0 aliphatic rings. The molecular formula is C13H23ClN2OS. The zero-order valence-electron chi connectivity index (χ0n) is 11.5. The summed E-state index contributed by atoms with van der Waals surface area (Å²) in [6, 6.07) is 3.76. The Morgan fingerprint density at radius 1 is 1.50 bits per heavy atom. The number of rotatable bonds is 5. The molecular weight excluding hydrogens is 268 g/mol. The highest BCUT2D eigenvalue weighted by molar-refractivity contribution is 7.11. The summed E-state index contributed by atoms with van der Waals surface area (Å²) in [7, 11) is 1.82. The molecule has 0 radical (unpaired) electrons. The van der Waals surface area contributed by atoms with E-state index in [4.69, 9.17) is 5.73 Å². The molecule has 1 heterocycles. The first-order valence-electron chi connectivity index (χ1n) is 6.01. The van der Waals surface area contributed by atoms with Crippen LogP contribution in [0.25, 0.3) is 0 Å². The summed E-state index contributed by atoms with van der Waals surface area (Å²) in [5.74, 6) is 0.264. The van der Waals surface area contributed by atoms with E-state index in [9.17, 15) is 4.79 Å². The highest BCUT2D eigenvalue weighted by Crippen LogP contribution is 2.17. The van der Waals surface area contributed by atoms with Gasteiger partial charge in [-0.1, -0.05) is 20.3 Å². The van der Waals surface area contributed by atoms with Crippen molar-refractivity contribution in [2.75, 3.05) is 7.05 Å². The van der Waals surface area contributed by atoms with Gasteiger partial charge >= 0.3 is 0 Å². The molecule has 3 nitrogen and oxygen atoms in total. The molecule has 2 atom stereocenters. The van der Waals surface area contributed by atoms with Crippen LogP contribution in [0.1, 0.15) is 30.0 Å². The third kappa shape index (κ3) is 4.59. The topological polar surface area (TPSA) is 46.3 Å². The molecule has 0 aromatic carbocycles. The van der Waals surface area contributed by atoms with Gasteiger partial charge in [0.25, 0.3) is 0 Å². The molecule has 0 fully saturated rings. The maximum atomic E-state index is 12.1. The maximum Gasteiger partial charge on any atom is 0.239 e. The number of likely N-dealkylation sites (N-methyl/N-ethyl adjacent to an activating group) is 1. The summed E-state index contributed by atoms with van der Waals surface area (Å²) < 4.78 is 0. The van der Waals surface area contributed by atoms with Crippen LogP contribution < -0.4 is 5.73 Å². The van der Waals surface area contributed by atoms with Crippen molar-refractivity contribution in [1.82, 2.24) is 4.90 Å². The Morgan fingerprint density at radius 3 is 2.56 bits per heavy atom. The highest BCUT2D eigenvalue weighted by atomic mass is 35.5. The fourth-order valence-electron chi connectivity index (χ4n) is 1.63. The van der Waals surface area contributed by atoms with Gasteiger partial charge in [-0.2, -0.15) is 0 Å². The van der Waals surface area contributed by atoms with E-state index in [0.717, 1.165) is 6.42 Å². The summed E-state index contributed by atoms with van der Waals surface area (Å²) >= 11 is 1.72. The van der Waals surface area contributed by atoms with Crippen LogP contribution in [0.15, 0.2) is 12.1 Å². The number of nitrogens with two attached hydrogens (primary N) is 1. The second kappa shape index (κ2) is 7.77. The molecule has 0 aliphatic heterocycles. The molecule has 104 valence electrons. The number of amides is 1. The third-order valence-corrected chi connectivity index (χ3v) is 4.09. The third-order valence-electron chi connectivity index (χ3n) is 3.11. The van der Waals surface area contributed by atoms with Crippen LogP contribution in [-0.2, 0) is 11.3 Å². The Hall–Kier alpha value is -0.580. The highest BCUT2D eigenvalue weighted by Gasteiger charge is 2.22. The minimum atomic E-state index is -0.383. The van der Waals surface area contributed by atoms with Crippen LogP contribution in [0.3, 0.4) is 0 Å². The predicted octanol–water partition coefficient (Wildman–Crippen LogP) is 2.81. The van der Waals surface area contributed by atoms with Gasteiger partial charge in [0, 0.05) is 16.8 Å². The average molecular weight is 291 g/mol. The van der Waals surface area contributed by atoms with Crippen molar-refractivity contribution in [3.8, 4) is 0 Å². The molecule has 0 spiro atoms. The number of hydrogen-bond acceptors (Lipinski definition) is 3. The molecule has 0 bridgehead atoms. The summed E-state index contributed by atoms with van der Waals surface area (Å²) in [4.78, 5) is 16.3. The predicted molar refractivity (Wildman–Crippen MR) is 80.2 cm³/mol. The molecule has 1 aromatic rings. The van der Waals surface area contributed by atoms with E-state index in [2.05, 4.69) is 26.0 Å². The van der Waals surface area contributed by atoms with Crippen LogP contribution in [0.4, 0.5) is 0 Å². The number of hydrogen-bond donors (Lipinski definition) is 1. The monoisotopic (exact) mass is 290 g/mol. The van der Waals surface area contributed by atoms with E-state index >= 15 is 0 Å². The van der Waals surface area contributed by atoms with Crippen LogP contribution >= 0.6 is 23.7 Å². The van der Waals surface area contributed by atoms with Crippen molar-refractivity contribution in [1.29, 1.82) is 0 Å². The average Bonchev–Trinajstić information content (AvgIpc) is 2.71. The fraction of sp³-hybridized carbons (Fsp3) is 0.615.